The van der Waals surface area contributed by atoms with Gasteiger partial charge in [-0.1, -0.05) is 13.5 Å². The summed E-state index contributed by atoms with van der Waals surface area (Å²) >= 11 is 0. The van der Waals surface area contributed by atoms with E-state index in [2.05, 4.69) is 11.9 Å². The fourth-order valence-corrected chi connectivity index (χ4v) is 1.35. The molecule has 0 aromatic heterocycles. The van der Waals surface area contributed by atoms with E-state index in [1.807, 2.05) is 0 Å². The minimum absolute atomic E-state index is 0.1000. The van der Waals surface area contributed by atoms with Crippen LogP contribution in [0.1, 0.15) is 40.5 Å². The van der Waals surface area contributed by atoms with Crippen molar-refractivity contribution in [3.8, 4) is 0 Å². The number of amides is 2. The van der Waals surface area contributed by atoms with Crippen LogP contribution in [-0.2, 0) is 19.1 Å². The van der Waals surface area contributed by atoms with Crippen molar-refractivity contribution >= 4 is 17.8 Å². The summed E-state index contributed by atoms with van der Waals surface area (Å²) in [6, 6.07) is -0.665. The van der Waals surface area contributed by atoms with Crippen LogP contribution >= 0.6 is 0 Å². The molecule has 2 N–H and O–H groups in total. The molecule has 0 saturated carbocycles. The Kier molecular flexibility index (Phi) is 7.53. The topological polar surface area (TPSA) is 95.9 Å². The van der Waals surface area contributed by atoms with Crippen LogP contribution in [0.4, 0.5) is 0 Å². The van der Waals surface area contributed by atoms with Crippen molar-refractivity contribution in [2.45, 2.75) is 52.8 Å². The fraction of sp³-hybridized carbons (Fsp3) is 0.615. The highest BCUT2D eigenvalue weighted by Crippen LogP contribution is 2.04. The first-order chi connectivity index (χ1) is 9.18. The van der Waals surface area contributed by atoms with Crippen molar-refractivity contribution in [2.75, 3.05) is 0 Å². The summed E-state index contributed by atoms with van der Waals surface area (Å²) < 4.78 is 5.01. The highest BCUT2D eigenvalue weighted by atomic mass is 16.6. The second-order valence-corrected chi connectivity index (χ2v) is 4.57. The Labute approximate surface area is 118 Å². The Balaban J connectivity index is 4.39. The third kappa shape index (κ3) is 6.33. The first-order valence-electron chi connectivity index (χ1n) is 6.33. The van der Waals surface area contributed by atoms with Gasteiger partial charge in [-0.15, -0.1) is 0 Å². The molecule has 0 saturated heterocycles. The largest absolute Gasteiger partial charge is 0.438 e. The molecule has 0 heterocycles. The zero-order chi connectivity index (χ0) is 15.9. The van der Waals surface area contributed by atoms with Crippen molar-refractivity contribution in [3.63, 3.8) is 0 Å². The third-order valence-corrected chi connectivity index (χ3v) is 2.51. The number of ether oxygens (including phenoxy) is 1. The fourth-order valence-electron chi connectivity index (χ4n) is 1.35. The summed E-state index contributed by atoms with van der Waals surface area (Å²) in [7, 11) is 0. The Morgan fingerprint density at radius 3 is 2.30 bits per heavy atom. The van der Waals surface area contributed by atoms with E-state index in [1.54, 1.807) is 6.92 Å². The minimum Gasteiger partial charge on any atom is -0.438 e. The molecule has 0 radical (unpaired) electrons. The van der Waals surface area contributed by atoms with E-state index in [4.69, 9.17) is 4.74 Å². The van der Waals surface area contributed by atoms with Crippen molar-refractivity contribution in [1.82, 2.24) is 10.4 Å². The molecule has 0 aromatic rings. The summed E-state index contributed by atoms with van der Waals surface area (Å²) in [4.78, 5) is 34.0. The van der Waals surface area contributed by atoms with Crippen molar-refractivity contribution in [1.29, 1.82) is 0 Å². The first-order valence-corrected chi connectivity index (χ1v) is 6.33. The molecule has 2 atom stereocenters. The number of hydrogen-bond acceptors (Lipinski definition) is 5. The Morgan fingerprint density at radius 1 is 1.35 bits per heavy atom. The summed E-state index contributed by atoms with van der Waals surface area (Å²) in [5.74, 6) is -1.57. The van der Waals surface area contributed by atoms with Gasteiger partial charge in [0.05, 0.1) is 6.04 Å². The van der Waals surface area contributed by atoms with E-state index in [9.17, 15) is 19.6 Å². The predicted molar refractivity (Wildman–Crippen MR) is 71.5 cm³/mol. The average molecular weight is 286 g/mol. The van der Waals surface area contributed by atoms with Gasteiger partial charge in [-0.3, -0.25) is 14.8 Å². The zero-order valence-corrected chi connectivity index (χ0v) is 12.3. The number of nitrogens with zero attached hydrogens (tertiary/aromatic N) is 1. The molecule has 0 aliphatic heterocycles. The van der Waals surface area contributed by atoms with Gasteiger partial charge in [0, 0.05) is 25.3 Å². The van der Waals surface area contributed by atoms with Gasteiger partial charge < -0.3 is 10.1 Å². The van der Waals surface area contributed by atoms with Gasteiger partial charge in [0.15, 0.2) is 6.23 Å². The smallest absolute Gasteiger partial charge is 0.335 e. The van der Waals surface area contributed by atoms with E-state index in [0.29, 0.717) is 11.5 Å². The van der Waals surface area contributed by atoms with Crippen LogP contribution in [-0.4, -0.2) is 40.3 Å². The maximum absolute atomic E-state index is 11.7. The summed E-state index contributed by atoms with van der Waals surface area (Å²) in [5.41, 5.74) is 0.240. The lowest BCUT2D eigenvalue weighted by molar-refractivity contribution is -0.173. The molecule has 0 rings (SSSR count). The molecular formula is C13H22N2O5. The summed E-state index contributed by atoms with van der Waals surface area (Å²) in [6.45, 7) is 9.42. The SMILES string of the molecule is C=C(C)C(=O)OC(CC)NC(=O)CC(C)N(O)C(C)=O. The van der Waals surface area contributed by atoms with E-state index in [-0.39, 0.29) is 12.0 Å². The number of hydrogen-bond donors (Lipinski definition) is 2. The Bertz CT molecular complexity index is 394. The van der Waals surface area contributed by atoms with Crippen LogP contribution in [0.3, 0.4) is 0 Å². The van der Waals surface area contributed by atoms with Crippen molar-refractivity contribution < 1.29 is 24.3 Å². The van der Waals surface area contributed by atoms with E-state index >= 15 is 0 Å². The quantitative estimate of drug-likeness (QED) is 0.239. The van der Waals surface area contributed by atoms with Gasteiger partial charge >= 0.3 is 5.97 Å². The van der Waals surface area contributed by atoms with Crippen molar-refractivity contribution in [3.05, 3.63) is 12.2 Å². The lowest BCUT2D eigenvalue weighted by Crippen LogP contribution is -2.42. The summed E-state index contributed by atoms with van der Waals surface area (Å²) in [5, 5.41) is 12.4. The molecule has 0 aliphatic carbocycles. The molecule has 7 nitrogen and oxygen atoms in total. The zero-order valence-electron chi connectivity index (χ0n) is 12.3. The number of hydroxylamine groups is 2. The van der Waals surface area contributed by atoms with Gasteiger partial charge in [0.2, 0.25) is 11.8 Å². The average Bonchev–Trinajstić information content (AvgIpc) is 2.36. The van der Waals surface area contributed by atoms with E-state index in [0.717, 1.165) is 0 Å². The van der Waals surface area contributed by atoms with Gasteiger partial charge in [-0.05, 0) is 13.8 Å². The van der Waals surface area contributed by atoms with Gasteiger partial charge in [0.1, 0.15) is 0 Å². The maximum atomic E-state index is 11.7. The molecule has 0 fully saturated rings. The minimum atomic E-state index is -0.761. The van der Waals surface area contributed by atoms with Gasteiger partial charge in [-0.25, -0.2) is 9.86 Å². The second kappa shape index (κ2) is 8.31. The molecule has 0 aromatic carbocycles. The summed E-state index contributed by atoms with van der Waals surface area (Å²) in [6.07, 6.45) is -0.463. The number of rotatable bonds is 7. The molecule has 2 unspecified atom stereocenters. The predicted octanol–water partition coefficient (Wildman–Crippen LogP) is 0.974. The van der Waals surface area contributed by atoms with Crippen LogP contribution < -0.4 is 5.32 Å². The van der Waals surface area contributed by atoms with Crippen LogP contribution in [0, 0.1) is 0 Å². The molecule has 2 amide bonds. The third-order valence-electron chi connectivity index (χ3n) is 2.51. The number of esters is 1. The van der Waals surface area contributed by atoms with Crippen LogP contribution in [0.2, 0.25) is 0 Å². The van der Waals surface area contributed by atoms with Gasteiger partial charge in [-0.2, -0.15) is 0 Å². The molecule has 0 bridgehead atoms. The molecule has 0 aliphatic rings. The van der Waals surface area contributed by atoms with Crippen LogP contribution in [0.15, 0.2) is 12.2 Å². The number of carbonyl (C=O) groups is 3. The maximum Gasteiger partial charge on any atom is 0.335 e. The molecule has 0 spiro atoms. The molecule has 20 heavy (non-hydrogen) atoms. The monoisotopic (exact) mass is 286 g/mol. The Hall–Kier alpha value is -1.89. The highest BCUT2D eigenvalue weighted by Gasteiger charge is 2.21. The molecular weight excluding hydrogens is 264 g/mol. The number of nitrogens with one attached hydrogen (secondary N) is 1. The standard InChI is InChI=1S/C13H22N2O5/c1-6-12(20-13(18)8(2)3)14-11(17)7-9(4)15(19)10(5)16/h9,12,19H,2,6-7H2,1,3-5H3,(H,14,17). The molecule has 114 valence electrons. The first kappa shape index (κ1) is 18.1. The highest BCUT2D eigenvalue weighted by molar-refractivity contribution is 5.87. The normalized spacial score (nSPS) is 13.1. The lowest BCUT2D eigenvalue weighted by atomic mass is 10.2. The van der Waals surface area contributed by atoms with Gasteiger partial charge in [0.25, 0.3) is 0 Å². The molecule has 7 heteroatoms. The van der Waals surface area contributed by atoms with Crippen molar-refractivity contribution in [2.24, 2.45) is 0 Å². The van der Waals surface area contributed by atoms with E-state index < -0.39 is 30.1 Å². The number of carbonyl (C=O) groups excluding carboxylic acids is 3. The van der Waals surface area contributed by atoms with E-state index in [1.165, 1.54) is 20.8 Å². The Morgan fingerprint density at radius 2 is 1.90 bits per heavy atom. The second-order valence-electron chi connectivity index (χ2n) is 4.57. The lowest BCUT2D eigenvalue weighted by Gasteiger charge is -2.22. The van der Waals surface area contributed by atoms with Crippen LogP contribution in [0.25, 0.3) is 0 Å². The van der Waals surface area contributed by atoms with Crippen LogP contribution in [0.5, 0.6) is 0 Å².